The van der Waals surface area contributed by atoms with E-state index in [-0.39, 0.29) is 66.9 Å². The Morgan fingerprint density at radius 1 is 0.211 bits per heavy atom. The third-order valence-electron chi connectivity index (χ3n) is 15.0. The van der Waals surface area contributed by atoms with Crippen LogP contribution in [-0.4, -0.2) is 31.4 Å². The van der Waals surface area contributed by atoms with Crippen LogP contribution in [-0.2, 0) is 0 Å². The SMILES string of the molecule is Fc1ccc(C2=C3C=CC(=N3)C(c3c(F)c(F)c(F)c(F)c3F)=c3ccc([nH]3)=C(c3ccc(F)cc3)c3ccc([nH]3)C(c3c(F)c(F)c(F)c(F)c3F)=C3C=CC(=N3)C(c3ccc(F)cc3)=c3ccc([nH]3)=C(c3c(F)c(F)c(F)c(F)c3F)c3ccc2[nH]3)cc1. The van der Waals surface area contributed by atoms with Gasteiger partial charge in [0.1, 0.15) is 17.5 Å². The largest absolute Gasteiger partial charge is 0.354 e. The third-order valence-corrected chi connectivity index (χ3v) is 15.0. The molecule has 3 aliphatic heterocycles. The van der Waals surface area contributed by atoms with E-state index < -0.39 is 172 Å². The fraction of sp³-hybridized carbons (Fsp3) is 0. The predicted octanol–water partition coefficient (Wildman–Crippen LogP) is 13.6. The lowest BCUT2D eigenvalue weighted by Gasteiger charge is -2.14. The van der Waals surface area contributed by atoms with E-state index in [1.807, 2.05) is 0 Å². The predicted molar refractivity (Wildman–Crippen MR) is 293 cm³/mol. The van der Waals surface area contributed by atoms with Crippen molar-refractivity contribution in [2.45, 2.75) is 0 Å². The molecule has 4 aromatic heterocycles. The van der Waals surface area contributed by atoms with Crippen molar-refractivity contribution in [3.8, 4) is 0 Å². The van der Waals surface area contributed by atoms with Gasteiger partial charge >= 0.3 is 0 Å². The maximum Gasteiger partial charge on any atom is 0.200 e. The van der Waals surface area contributed by atoms with E-state index >= 15 is 52.7 Å². The van der Waals surface area contributed by atoms with Crippen molar-refractivity contribution in [1.29, 1.82) is 0 Å². The summed E-state index contributed by atoms with van der Waals surface area (Å²) in [7, 11) is 0. The van der Waals surface area contributed by atoms with Crippen molar-refractivity contribution in [1.82, 2.24) is 19.9 Å². The van der Waals surface area contributed by atoms with Crippen LogP contribution in [0.4, 0.5) is 79.0 Å². The van der Waals surface area contributed by atoms with Crippen LogP contribution in [0.3, 0.4) is 0 Å². The fourth-order valence-electron chi connectivity index (χ4n) is 10.9. The highest BCUT2D eigenvalue weighted by atomic mass is 19.2. The van der Waals surface area contributed by atoms with Crippen molar-refractivity contribution in [3.05, 3.63) is 339 Å². The van der Waals surface area contributed by atoms with Gasteiger partial charge in [-0.15, -0.1) is 0 Å². The average Bonchev–Trinajstić information content (AvgIpc) is 1.54. The van der Waals surface area contributed by atoms with Crippen molar-refractivity contribution in [3.63, 3.8) is 0 Å². The van der Waals surface area contributed by atoms with E-state index in [1.165, 1.54) is 72.8 Å². The van der Waals surface area contributed by atoms with Gasteiger partial charge < -0.3 is 19.9 Å². The summed E-state index contributed by atoms with van der Waals surface area (Å²) in [6.07, 6.45) is 4.51. The Balaban J connectivity index is 1.21. The van der Waals surface area contributed by atoms with Crippen LogP contribution >= 0.6 is 0 Å². The molecule has 3 aliphatic rings. The summed E-state index contributed by atoms with van der Waals surface area (Å²) in [4.78, 5) is 20.7. The lowest BCUT2D eigenvalue weighted by Crippen LogP contribution is -2.22. The number of rotatable bonds is 6. The number of halogens is 18. The molecule has 6 nitrogen and oxygen atoms in total. The first kappa shape index (κ1) is 58.0. The van der Waals surface area contributed by atoms with Crippen molar-refractivity contribution < 1.29 is 79.0 Å². The van der Waals surface area contributed by atoms with E-state index in [4.69, 9.17) is 0 Å². The molecule has 7 heterocycles. The maximum atomic E-state index is 16.4. The van der Waals surface area contributed by atoms with Crippen LogP contribution in [0.25, 0.3) is 33.4 Å². The van der Waals surface area contributed by atoms with E-state index in [9.17, 15) is 26.3 Å². The van der Waals surface area contributed by atoms with Crippen LogP contribution in [0.1, 0.15) is 56.2 Å². The highest BCUT2D eigenvalue weighted by Crippen LogP contribution is 2.40. The highest BCUT2D eigenvalue weighted by Gasteiger charge is 2.35. The second-order valence-corrected chi connectivity index (χ2v) is 20.2. The molecule has 0 atom stereocenters. The maximum absolute atomic E-state index is 16.4. The molecule has 0 spiro atoms. The van der Waals surface area contributed by atoms with Crippen LogP contribution < -0.4 is 21.4 Å². The Hall–Kier alpha value is -11.0. The van der Waals surface area contributed by atoms with Gasteiger partial charge in [-0.05, 0) is 126 Å². The van der Waals surface area contributed by atoms with Gasteiger partial charge in [0.2, 0.25) is 17.5 Å². The molecular weight excluding hydrogens is 1220 g/mol. The Bertz CT molecular complexity index is 5160. The summed E-state index contributed by atoms with van der Waals surface area (Å²) in [5.41, 5.74) is -10.0. The van der Waals surface area contributed by atoms with Gasteiger partial charge in [-0.2, -0.15) is 0 Å². The third kappa shape index (κ3) is 9.43. The van der Waals surface area contributed by atoms with Crippen molar-refractivity contribution >= 4 is 44.9 Å². The summed E-state index contributed by atoms with van der Waals surface area (Å²) in [5, 5.41) is -1.21. The summed E-state index contributed by atoms with van der Waals surface area (Å²) in [6.45, 7) is 0. The Labute approximate surface area is 491 Å². The molecule has 0 aliphatic carbocycles. The number of fused-ring (bicyclic) bond motifs is 10. The molecule has 0 fully saturated rings. The van der Waals surface area contributed by atoms with Gasteiger partial charge in [-0.1, -0.05) is 36.4 Å². The zero-order valence-electron chi connectivity index (χ0n) is 44.6. The molecule has 13 rings (SSSR count). The van der Waals surface area contributed by atoms with Gasteiger partial charge in [0, 0.05) is 77.6 Å². The second-order valence-electron chi connectivity index (χ2n) is 20.2. The number of hydrogen-bond donors (Lipinski definition) is 4. The van der Waals surface area contributed by atoms with Crippen molar-refractivity contribution in [2.75, 3.05) is 0 Å². The van der Waals surface area contributed by atoms with E-state index in [0.29, 0.717) is 0 Å². The minimum atomic E-state index is -2.55. The van der Waals surface area contributed by atoms with Crippen LogP contribution in [0.2, 0.25) is 0 Å². The molecule has 448 valence electrons. The topological polar surface area (TPSA) is 87.9 Å². The summed E-state index contributed by atoms with van der Waals surface area (Å²) >= 11 is 0. The summed E-state index contributed by atoms with van der Waals surface area (Å²) in [5.74, 6) is -38.5. The summed E-state index contributed by atoms with van der Waals surface area (Å²) < 4.78 is 280. The van der Waals surface area contributed by atoms with Gasteiger partial charge in [0.15, 0.2) is 69.8 Å². The second kappa shape index (κ2) is 22.0. The number of aromatic nitrogens is 4. The smallest absolute Gasteiger partial charge is 0.200 e. The van der Waals surface area contributed by atoms with Gasteiger partial charge in [-0.3, -0.25) is 0 Å². The lowest BCUT2D eigenvalue weighted by molar-refractivity contribution is 0.376. The van der Waals surface area contributed by atoms with E-state index in [0.717, 1.165) is 72.8 Å². The normalized spacial score (nSPS) is 14.2. The summed E-state index contributed by atoms with van der Waals surface area (Å²) in [6, 6.07) is 22.5. The van der Waals surface area contributed by atoms with Gasteiger partial charge in [0.25, 0.3) is 0 Å². The molecule has 0 amide bonds. The first-order chi connectivity index (χ1) is 43.1. The zero-order chi connectivity index (χ0) is 63.5. The number of nitrogens with one attached hydrogen (secondary N) is 4. The molecule has 90 heavy (non-hydrogen) atoms. The van der Waals surface area contributed by atoms with Crippen LogP contribution in [0, 0.1) is 105 Å². The monoisotopic (exact) mass is 1250 g/mol. The Morgan fingerprint density at radius 2 is 0.478 bits per heavy atom. The Kier molecular flexibility index (Phi) is 14.2. The molecular formula is C66H28F18N6. The minimum Gasteiger partial charge on any atom is -0.354 e. The van der Waals surface area contributed by atoms with E-state index in [1.54, 1.807) is 0 Å². The average molecular weight is 1250 g/mol. The number of aliphatic imine (C=N–C) groups is 2. The van der Waals surface area contributed by atoms with Crippen LogP contribution in [0.15, 0.2) is 167 Å². The quantitative estimate of drug-likeness (QED) is 0.0726. The standard InChI is InChI=1S/C66H28F18N6/c67-28-7-1-25(2-8-28)43-31-13-19-37(85-31)46(49-52(70)58(76)64(82)59(77)53(49)71)39-21-15-33(87-39)44(26-3-9-29(68)10-4-26)35-17-23-41(89-35)48(51-56(74)62(80)66(84)63(81)57(51)75)42-24-18-36(90-42)45(27-5-11-30(69)12-6-27)34-16-22-40(88-34)47(38-20-14-32(43)86-38)50-54(72)60(78)65(83)61(79)55(50)73/h1-24,85-86,89-90H. The molecule has 12 bridgehead atoms. The Morgan fingerprint density at radius 3 is 0.889 bits per heavy atom. The minimum absolute atomic E-state index is 0.0558. The first-order valence-corrected chi connectivity index (χ1v) is 26.2. The van der Waals surface area contributed by atoms with Gasteiger partial charge in [-0.25, -0.2) is 89.0 Å². The molecule has 0 radical (unpaired) electrons. The lowest BCUT2D eigenvalue weighted by atomic mass is 9.98. The molecule has 6 aromatic carbocycles. The number of aromatic amines is 4. The van der Waals surface area contributed by atoms with Crippen LogP contribution in [0.5, 0.6) is 0 Å². The number of H-pyrrole nitrogens is 4. The molecule has 24 heteroatoms. The van der Waals surface area contributed by atoms with Gasteiger partial charge in [0.05, 0.1) is 39.5 Å². The number of nitrogens with zero attached hydrogens (tertiary/aromatic N) is 2. The number of hydrogen-bond acceptors (Lipinski definition) is 2. The number of benzene rings is 6. The first-order valence-electron chi connectivity index (χ1n) is 26.2. The molecule has 0 saturated heterocycles. The molecule has 0 saturated carbocycles. The highest BCUT2D eigenvalue weighted by molar-refractivity contribution is 6.31. The van der Waals surface area contributed by atoms with Crippen molar-refractivity contribution in [2.24, 2.45) is 9.98 Å². The molecule has 0 unspecified atom stereocenters. The molecule has 4 N–H and O–H groups in total. The molecule has 10 aromatic rings. The fourth-order valence-corrected chi connectivity index (χ4v) is 10.9. The zero-order valence-corrected chi connectivity index (χ0v) is 44.6. The number of allylic oxidation sites excluding steroid dienone is 4. The van der Waals surface area contributed by atoms with E-state index in [2.05, 4.69) is 29.9 Å².